The Kier molecular flexibility index (Phi) is 4.78. The number of ether oxygens (including phenoxy) is 1. The van der Waals surface area contributed by atoms with E-state index in [2.05, 4.69) is 15.9 Å². The monoisotopic (exact) mass is 387 g/mol. The van der Waals surface area contributed by atoms with Crippen LogP contribution >= 0.6 is 15.9 Å². The van der Waals surface area contributed by atoms with Gasteiger partial charge in [0, 0.05) is 6.07 Å². The molecule has 0 saturated heterocycles. The highest BCUT2D eigenvalue weighted by Gasteiger charge is 2.16. The maximum atomic E-state index is 13.5. The van der Waals surface area contributed by atoms with Crippen LogP contribution in [0, 0.1) is 23.0 Å². The normalized spacial score (nSPS) is 11.0. The maximum Gasteiger partial charge on any atom is 0.191 e. The Morgan fingerprint density at radius 3 is 2.41 bits per heavy atom. The van der Waals surface area contributed by atoms with Crippen molar-refractivity contribution in [3.8, 4) is 17.6 Å². The quantitative estimate of drug-likeness (QED) is 0.799. The molecule has 22 heavy (non-hydrogen) atoms. The van der Waals surface area contributed by atoms with Crippen molar-refractivity contribution in [3.63, 3.8) is 0 Å². The third-order valence-corrected chi connectivity index (χ3v) is 4.73. The molecule has 0 amide bonds. The molecular weight excluding hydrogens is 380 g/mol. The minimum atomic E-state index is -3.71. The van der Waals surface area contributed by atoms with Crippen LogP contribution in [0.15, 0.2) is 45.8 Å². The number of hydrogen-bond donors (Lipinski definition) is 0. The average Bonchev–Trinajstić information content (AvgIpc) is 2.43. The molecule has 4 nitrogen and oxygen atoms in total. The van der Waals surface area contributed by atoms with Crippen molar-refractivity contribution in [2.75, 3.05) is 5.75 Å². The lowest BCUT2D eigenvalue weighted by Gasteiger charge is -2.10. The summed E-state index contributed by atoms with van der Waals surface area (Å²) in [6.45, 7) is 0. The molecule has 0 unspecified atom stereocenters. The van der Waals surface area contributed by atoms with Crippen LogP contribution in [0.1, 0.15) is 0 Å². The Hall–Kier alpha value is -1.98. The number of sulfone groups is 1. The topological polar surface area (TPSA) is 67.2 Å². The summed E-state index contributed by atoms with van der Waals surface area (Å²) in [6.07, 6.45) is 0. The number of benzene rings is 2. The van der Waals surface area contributed by atoms with Gasteiger partial charge in [0.1, 0.15) is 17.3 Å². The van der Waals surface area contributed by atoms with Crippen molar-refractivity contribution >= 4 is 25.8 Å². The summed E-state index contributed by atoms with van der Waals surface area (Å²) in [5.74, 6) is -2.31. The van der Waals surface area contributed by atoms with E-state index in [1.807, 2.05) is 0 Å². The van der Waals surface area contributed by atoms with E-state index in [0.717, 1.165) is 12.1 Å². The van der Waals surface area contributed by atoms with E-state index >= 15 is 0 Å². The Bertz CT molecular complexity index is 863. The zero-order valence-corrected chi connectivity index (χ0v) is 13.3. The van der Waals surface area contributed by atoms with E-state index < -0.39 is 27.2 Å². The molecule has 0 saturated carbocycles. The molecule has 0 N–H and O–H groups in total. The molecule has 0 aliphatic rings. The molecule has 2 rings (SSSR count). The Morgan fingerprint density at radius 1 is 1.14 bits per heavy atom. The molecule has 114 valence electrons. The highest BCUT2D eigenvalue weighted by Crippen LogP contribution is 2.33. The molecule has 8 heteroatoms. The average molecular weight is 388 g/mol. The fourth-order valence-corrected chi connectivity index (χ4v) is 3.12. The van der Waals surface area contributed by atoms with Crippen LogP contribution in [-0.4, -0.2) is 14.2 Å². The van der Waals surface area contributed by atoms with Gasteiger partial charge in [-0.25, -0.2) is 17.2 Å². The number of nitrogens with zero attached hydrogens (tertiary/aromatic N) is 1. The molecule has 0 heterocycles. The van der Waals surface area contributed by atoms with Crippen molar-refractivity contribution in [3.05, 3.63) is 52.5 Å². The van der Waals surface area contributed by atoms with Crippen LogP contribution in [0.2, 0.25) is 0 Å². The highest BCUT2D eigenvalue weighted by atomic mass is 79.9. The van der Waals surface area contributed by atoms with Gasteiger partial charge < -0.3 is 4.74 Å². The van der Waals surface area contributed by atoms with E-state index in [0.29, 0.717) is 6.07 Å². The van der Waals surface area contributed by atoms with Gasteiger partial charge in [-0.1, -0.05) is 0 Å². The van der Waals surface area contributed by atoms with Crippen LogP contribution in [-0.2, 0) is 9.84 Å². The van der Waals surface area contributed by atoms with E-state index in [1.165, 1.54) is 18.2 Å². The van der Waals surface area contributed by atoms with E-state index in [1.54, 1.807) is 6.07 Å². The zero-order valence-electron chi connectivity index (χ0n) is 10.9. The van der Waals surface area contributed by atoms with Crippen molar-refractivity contribution in [2.45, 2.75) is 4.90 Å². The predicted octanol–water partition coefficient (Wildman–Crippen LogP) is 3.82. The van der Waals surface area contributed by atoms with Gasteiger partial charge >= 0.3 is 0 Å². The van der Waals surface area contributed by atoms with Crippen LogP contribution in [0.5, 0.6) is 11.5 Å². The molecule has 0 aliphatic carbocycles. The van der Waals surface area contributed by atoms with Gasteiger partial charge in [0.15, 0.2) is 21.4 Å². The third kappa shape index (κ3) is 3.61. The van der Waals surface area contributed by atoms with E-state index in [-0.39, 0.29) is 20.9 Å². The van der Waals surface area contributed by atoms with E-state index in [4.69, 9.17) is 10.00 Å². The van der Waals surface area contributed by atoms with Gasteiger partial charge in [0.25, 0.3) is 0 Å². The van der Waals surface area contributed by atoms with Gasteiger partial charge in [-0.05, 0) is 46.3 Å². The van der Waals surface area contributed by atoms with Crippen LogP contribution in [0.3, 0.4) is 0 Å². The summed E-state index contributed by atoms with van der Waals surface area (Å²) in [6, 6.07) is 8.23. The molecule has 0 atom stereocenters. The fraction of sp³-hybridized carbons (Fsp3) is 0.0714. The Labute approximate surface area is 134 Å². The Balaban J connectivity index is 2.33. The zero-order chi connectivity index (χ0) is 16.3. The second-order valence-corrected chi connectivity index (χ2v) is 7.03. The molecular formula is C14H8BrF2NO3S. The van der Waals surface area contributed by atoms with Gasteiger partial charge in [-0.2, -0.15) is 5.26 Å². The van der Waals surface area contributed by atoms with Crippen LogP contribution < -0.4 is 4.74 Å². The fourth-order valence-electron chi connectivity index (χ4n) is 1.60. The molecule has 0 aliphatic heterocycles. The standard InChI is InChI=1S/C14H8BrF2NO3S/c15-11-8-10(22(19,20)6-5-18)2-4-13(11)21-14-3-1-9(16)7-12(14)17/h1-4,7-8H,6H2. The summed E-state index contributed by atoms with van der Waals surface area (Å²) in [7, 11) is -3.71. The van der Waals surface area contributed by atoms with Crippen LogP contribution in [0.25, 0.3) is 0 Å². The van der Waals surface area contributed by atoms with Crippen molar-refractivity contribution < 1.29 is 21.9 Å². The van der Waals surface area contributed by atoms with Gasteiger partial charge in [-0.3, -0.25) is 0 Å². The molecule has 0 spiro atoms. The molecule has 0 aromatic heterocycles. The SMILES string of the molecule is N#CCS(=O)(=O)c1ccc(Oc2ccc(F)cc2F)c(Br)c1. The number of nitriles is 1. The Morgan fingerprint density at radius 2 is 1.82 bits per heavy atom. The van der Waals surface area contributed by atoms with E-state index in [9.17, 15) is 17.2 Å². The van der Waals surface area contributed by atoms with Crippen molar-refractivity contribution in [2.24, 2.45) is 0 Å². The highest BCUT2D eigenvalue weighted by molar-refractivity contribution is 9.10. The molecule has 0 bridgehead atoms. The first-order valence-electron chi connectivity index (χ1n) is 5.85. The minimum Gasteiger partial charge on any atom is -0.453 e. The first-order valence-corrected chi connectivity index (χ1v) is 8.30. The lowest BCUT2D eigenvalue weighted by Crippen LogP contribution is -2.05. The molecule has 2 aromatic carbocycles. The summed E-state index contributed by atoms with van der Waals surface area (Å²) in [4.78, 5) is -0.0622. The second kappa shape index (κ2) is 6.42. The second-order valence-electron chi connectivity index (χ2n) is 4.19. The first kappa shape index (κ1) is 16.4. The third-order valence-electron chi connectivity index (χ3n) is 2.63. The lowest BCUT2D eigenvalue weighted by atomic mass is 10.3. The van der Waals surface area contributed by atoms with Gasteiger partial charge in [0.2, 0.25) is 0 Å². The summed E-state index contributed by atoms with van der Waals surface area (Å²) in [5, 5.41) is 8.50. The lowest BCUT2D eigenvalue weighted by molar-refractivity contribution is 0.435. The first-order chi connectivity index (χ1) is 10.3. The number of rotatable bonds is 4. The molecule has 0 fully saturated rings. The maximum absolute atomic E-state index is 13.5. The van der Waals surface area contributed by atoms with Crippen molar-refractivity contribution in [1.82, 2.24) is 0 Å². The number of hydrogen-bond acceptors (Lipinski definition) is 4. The van der Waals surface area contributed by atoms with Gasteiger partial charge in [0.05, 0.1) is 15.4 Å². The smallest absolute Gasteiger partial charge is 0.191 e. The molecule has 0 radical (unpaired) electrons. The predicted molar refractivity (Wildman–Crippen MR) is 78.2 cm³/mol. The van der Waals surface area contributed by atoms with Crippen LogP contribution in [0.4, 0.5) is 8.78 Å². The molecule has 2 aromatic rings. The van der Waals surface area contributed by atoms with Gasteiger partial charge in [-0.15, -0.1) is 0 Å². The largest absolute Gasteiger partial charge is 0.453 e. The summed E-state index contributed by atoms with van der Waals surface area (Å²) >= 11 is 3.12. The van der Waals surface area contributed by atoms with Crippen molar-refractivity contribution in [1.29, 1.82) is 5.26 Å². The summed E-state index contributed by atoms with van der Waals surface area (Å²) < 4.78 is 55.4. The summed E-state index contributed by atoms with van der Waals surface area (Å²) in [5.41, 5.74) is 0. The number of halogens is 3. The minimum absolute atomic E-state index is 0.0622.